The molecule has 0 spiro atoms. The van der Waals surface area contributed by atoms with Gasteiger partial charge < -0.3 is 45.9 Å². The minimum absolute atomic E-state index is 0.00884. The van der Waals surface area contributed by atoms with E-state index in [1.807, 2.05) is 107 Å². The van der Waals surface area contributed by atoms with Crippen molar-refractivity contribution in [1.82, 2.24) is 36.4 Å². The Bertz CT molecular complexity index is 2730. The number of carbonyl (C=O) groups excluding carboxylic acids is 6. The molecule has 4 aliphatic rings. The quantitative estimate of drug-likeness (QED) is 0.0587. The fourth-order valence-electron chi connectivity index (χ4n) is 11.5. The molecule has 76 heavy (non-hydrogen) atoms. The van der Waals surface area contributed by atoms with Crippen molar-refractivity contribution in [1.29, 1.82) is 0 Å². The second-order valence-corrected chi connectivity index (χ2v) is 25.2. The summed E-state index contributed by atoms with van der Waals surface area (Å²) < 4.78 is 12.9. The van der Waals surface area contributed by atoms with Gasteiger partial charge in [0, 0.05) is 12.3 Å². The number of benzene rings is 4. The van der Waals surface area contributed by atoms with Crippen LogP contribution >= 0.6 is 23.5 Å². The number of nitrogens with one attached hydrogen (secondary N) is 5. The zero-order valence-corrected chi connectivity index (χ0v) is 47.0. The largest absolute Gasteiger partial charge is 0.374 e. The Morgan fingerprint density at radius 1 is 0.737 bits per heavy atom. The van der Waals surface area contributed by atoms with Gasteiger partial charge in [-0.1, -0.05) is 113 Å². The molecule has 4 aromatic carbocycles. The minimum Gasteiger partial charge on any atom is -0.374 e. The maximum atomic E-state index is 14.7. The Balaban J connectivity index is 0.905. The van der Waals surface area contributed by atoms with Crippen LogP contribution in [0.2, 0.25) is 0 Å². The van der Waals surface area contributed by atoms with Crippen molar-refractivity contribution in [3.05, 3.63) is 119 Å². The van der Waals surface area contributed by atoms with E-state index in [9.17, 15) is 28.8 Å². The van der Waals surface area contributed by atoms with E-state index >= 15 is 0 Å². The van der Waals surface area contributed by atoms with Crippen LogP contribution in [-0.4, -0.2) is 125 Å². The first-order valence-corrected chi connectivity index (χ1v) is 28.8. The van der Waals surface area contributed by atoms with Gasteiger partial charge in [-0.3, -0.25) is 28.8 Å². The van der Waals surface area contributed by atoms with Gasteiger partial charge in [-0.2, -0.15) is 0 Å². The topological polar surface area (TPSA) is 188 Å². The number of fused-ring (bicyclic) bond motifs is 3. The Labute approximate surface area is 456 Å². The summed E-state index contributed by atoms with van der Waals surface area (Å²) in [5.41, 5.74) is 1.73. The molecule has 15 nitrogen and oxygen atoms in total. The lowest BCUT2D eigenvalue weighted by atomic mass is 9.83. The van der Waals surface area contributed by atoms with Crippen LogP contribution in [0.4, 0.5) is 0 Å². The number of ether oxygens (including phenoxy) is 2. The van der Waals surface area contributed by atoms with Gasteiger partial charge in [0.05, 0.1) is 61.3 Å². The number of ketones is 1. The molecule has 8 rings (SSSR count). The van der Waals surface area contributed by atoms with Crippen molar-refractivity contribution in [3.8, 4) is 0 Å². The minimum atomic E-state index is -0.947. The number of carbonyl (C=O) groups is 6. The zero-order chi connectivity index (χ0) is 54.4. The highest BCUT2D eigenvalue weighted by Crippen LogP contribution is 2.48. The monoisotopic (exact) mass is 1080 g/mol. The number of Topliss-reactive ketones (excluding diaryl/α,β-unsaturated/α-hetero) is 1. The first kappa shape index (κ1) is 56.9. The standard InChI is InChI=1S/C59H77N7O8S2/c1-37(61-8)52(68)62-46-24-26-76-49-31-58(4,5)51(66(49)56(46)72)54(70)64-59(6,44-17-13-10-14-18-44)36-74-34-39-20-22-41-27-38(19-21-42(41)28-39)33-73-35-47(40-15-11-9-12-16-40)63-53(69)50-57(2,3)30-48-65(50)55(71)43(23-25-75-48)29-45(67)32-60-7/h9-22,27-28,37,43,46-51,60-61H,23-26,29-36H2,1-8H3,(H,62,68)(H,63,69)(H,64,70)/t37-,43+,46-,47+,48-,49-,50+,51+,59-/m0/s1. The van der Waals surface area contributed by atoms with Crippen LogP contribution in [0.1, 0.15) is 102 Å². The molecule has 0 aliphatic carbocycles. The van der Waals surface area contributed by atoms with Gasteiger partial charge in [0.25, 0.3) is 0 Å². The van der Waals surface area contributed by atoms with Crippen molar-refractivity contribution in [2.45, 2.75) is 133 Å². The maximum Gasteiger partial charge on any atom is 0.246 e. The Morgan fingerprint density at radius 2 is 1.30 bits per heavy atom. The van der Waals surface area contributed by atoms with Gasteiger partial charge in [-0.25, -0.2) is 0 Å². The molecule has 5 amide bonds. The molecule has 0 radical (unpaired) electrons. The van der Waals surface area contributed by atoms with E-state index in [2.05, 4.69) is 50.8 Å². The molecule has 4 aliphatic heterocycles. The van der Waals surface area contributed by atoms with Crippen molar-refractivity contribution < 1.29 is 38.2 Å². The van der Waals surface area contributed by atoms with Crippen LogP contribution < -0.4 is 26.6 Å². The molecule has 0 bridgehead atoms. The third-order valence-electron chi connectivity index (χ3n) is 15.7. The van der Waals surface area contributed by atoms with Crippen molar-refractivity contribution in [2.24, 2.45) is 16.7 Å². The van der Waals surface area contributed by atoms with Crippen molar-refractivity contribution in [3.63, 3.8) is 0 Å². The second kappa shape index (κ2) is 24.6. The highest BCUT2D eigenvalue weighted by Gasteiger charge is 2.56. The molecule has 0 unspecified atom stereocenters. The molecule has 9 atom stereocenters. The molecule has 0 aromatic heterocycles. The van der Waals surface area contributed by atoms with E-state index < -0.39 is 52.5 Å². The summed E-state index contributed by atoms with van der Waals surface area (Å²) >= 11 is 3.37. The highest BCUT2D eigenvalue weighted by molar-refractivity contribution is 8.00. The van der Waals surface area contributed by atoms with E-state index in [1.165, 1.54) is 0 Å². The number of hydrogen-bond acceptors (Lipinski definition) is 12. The van der Waals surface area contributed by atoms with Crippen LogP contribution in [0.25, 0.3) is 10.8 Å². The van der Waals surface area contributed by atoms with Gasteiger partial charge in [0.15, 0.2) is 0 Å². The summed E-state index contributed by atoms with van der Waals surface area (Å²) in [6.45, 7) is 13.0. The number of rotatable bonds is 21. The van der Waals surface area contributed by atoms with Gasteiger partial charge in [0.1, 0.15) is 23.9 Å². The third kappa shape index (κ3) is 13.0. The first-order chi connectivity index (χ1) is 36.3. The molecular weight excluding hydrogens is 999 g/mol. The molecule has 408 valence electrons. The molecule has 4 saturated heterocycles. The maximum absolute atomic E-state index is 14.7. The van der Waals surface area contributed by atoms with Crippen LogP contribution in [0.5, 0.6) is 0 Å². The summed E-state index contributed by atoms with van der Waals surface area (Å²) in [4.78, 5) is 86.8. The average molecular weight is 1080 g/mol. The van der Waals surface area contributed by atoms with E-state index in [4.69, 9.17) is 9.47 Å². The normalized spacial score (nSPS) is 24.6. The van der Waals surface area contributed by atoms with Crippen LogP contribution in [0, 0.1) is 16.7 Å². The Morgan fingerprint density at radius 3 is 1.91 bits per heavy atom. The number of thioether (sulfide) groups is 2. The van der Waals surface area contributed by atoms with Crippen LogP contribution in [0.15, 0.2) is 97.1 Å². The van der Waals surface area contributed by atoms with Crippen molar-refractivity contribution in [2.75, 3.05) is 45.4 Å². The fourth-order valence-corrected chi connectivity index (χ4v) is 14.7. The third-order valence-corrected chi connectivity index (χ3v) is 18.2. The molecule has 0 saturated carbocycles. The van der Waals surface area contributed by atoms with Gasteiger partial charge >= 0.3 is 0 Å². The Hall–Kier alpha value is -5.30. The summed E-state index contributed by atoms with van der Waals surface area (Å²) in [6, 6.07) is 28.8. The summed E-state index contributed by atoms with van der Waals surface area (Å²) in [5.74, 6) is -0.118. The zero-order valence-electron chi connectivity index (χ0n) is 45.3. The molecule has 4 heterocycles. The SMILES string of the molecule is CNCC(=O)C[C@H]1CCS[C@H]2CC(C)(C)[C@@H](C(=O)N[C@H](COCc3ccc4cc(COC[C@](C)(NC(=O)[C@H]5N6C(=O)[C@@H](NC(=O)[C@H](C)NC)CCS[C@H]6CC5(C)C)c5ccccc5)ccc4c3)c3ccccc3)N2C1=O. The first-order valence-electron chi connectivity index (χ1n) is 26.7. The molecule has 4 aromatic rings. The summed E-state index contributed by atoms with van der Waals surface area (Å²) in [7, 11) is 3.43. The lowest BCUT2D eigenvalue weighted by molar-refractivity contribution is -0.145. The average Bonchev–Trinajstić information content (AvgIpc) is 3.73. The Kier molecular flexibility index (Phi) is 18.4. The summed E-state index contributed by atoms with van der Waals surface area (Å²) in [6.07, 6.45) is 2.58. The molecule has 5 N–H and O–H groups in total. The number of nitrogens with zero attached hydrogens (tertiary/aromatic N) is 2. The predicted octanol–water partition coefficient (Wildman–Crippen LogP) is 6.83. The smallest absolute Gasteiger partial charge is 0.246 e. The van der Waals surface area contributed by atoms with E-state index in [0.29, 0.717) is 38.0 Å². The summed E-state index contributed by atoms with van der Waals surface area (Å²) in [5, 5.41) is 17.1. The van der Waals surface area contributed by atoms with E-state index in [-0.39, 0.29) is 78.9 Å². The van der Waals surface area contributed by atoms with Crippen LogP contribution in [0.3, 0.4) is 0 Å². The van der Waals surface area contributed by atoms with E-state index in [0.717, 1.165) is 38.8 Å². The predicted molar refractivity (Wildman–Crippen MR) is 300 cm³/mol. The number of likely N-dealkylation sites (N-methyl/N-ethyl adjacent to an activating group) is 2. The molecule has 17 heteroatoms. The second-order valence-electron chi connectivity index (χ2n) is 22.6. The number of hydrogen-bond donors (Lipinski definition) is 5. The van der Waals surface area contributed by atoms with Gasteiger partial charge in [0.2, 0.25) is 29.5 Å². The van der Waals surface area contributed by atoms with E-state index in [1.54, 1.807) is 54.3 Å². The number of amides is 5. The van der Waals surface area contributed by atoms with Gasteiger partial charge in [-0.05, 0) is 121 Å². The van der Waals surface area contributed by atoms with Crippen LogP contribution in [-0.2, 0) is 57.0 Å². The van der Waals surface area contributed by atoms with Crippen molar-refractivity contribution >= 4 is 69.6 Å². The lowest BCUT2D eigenvalue weighted by Gasteiger charge is -2.38. The lowest BCUT2D eigenvalue weighted by Crippen LogP contribution is -2.60. The fraction of sp³-hybridized carbons (Fsp3) is 0.525. The highest BCUT2D eigenvalue weighted by atomic mass is 32.2. The van der Waals surface area contributed by atoms with Gasteiger partial charge in [-0.15, -0.1) is 23.5 Å². The molecular formula is C59H77N7O8S2. The molecule has 4 fully saturated rings.